The zero-order valence-corrected chi connectivity index (χ0v) is 12.3. The SMILES string of the molecule is COc1ccc(C)cc1CCCC(N)c1ccccc1. The summed E-state index contributed by atoms with van der Waals surface area (Å²) in [5.41, 5.74) is 9.98. The van der Waals surface area contributed by atoms with Gasteiger partial charge in [0.2, 0.25) is 0 Å². The van der Waals surface area contributed by atoms with Gasteiger partial charge in [-0.3, -0.25) is 0 Å². The summed E-state index contributed by atoms with van der Waals surface area (Å²) in [5.74, 6) is 0.976. The number of hydrogen-bond donors (Lipinski definition) is 1. The molecular weight excluding hydrogens is 246 g/mol. The second-order valence-electron chi connectivity index (χ2n) is 5.22. The summed E-state index contributed by atoms with van der Waals surface area (Å²) in [4.78, 5) is 0. The highest BCUT2D eigenvalue weighted by molar-refractivity contribution is 5.36. The molecule has 0 saturated carbocycles. The van der Waals surface area contributed by atoms with E-state index in [9.17, 15) is 0 Å². The van der Waals surface area contributed by atoms with Crippen LogP contribution in [0.15, 0.2) is 48.5 Å². The van der Waals surface area contributed by atoms with E-state index in [1.165, 1.54) is 16.7 Å². The van der Waals surface area contributed by atoms with E-state index in [0.29, 0.717) is 0 Å². The molecular formula is C18H23NO. The molecule has 0 aliphatic rings. The molecule has 0 spiro atoms. The quantitative estimate of drug-likeness (QED) is 0.859. The molecule has 2 aromatic carbocycles. The zero-order valence-electron chi connectivity index (χ0n) is 12.3. The molecule has 0 radical (unpaired) electrons. The van der Waals surface area contributed by atoms with Gasteiger partial charge >= 0.3 is 0 Å². The maximum absolute atomic E-state index is 6.23. The Kier molecular flexibility index (Phi) is 5.19. The molecule has 0 saturated heterocycles. The van der Waals surface area contributed by atoms with E-state index in [0.717, 1.165) is 25.0 Å². The van der Waals surface area contributed by atoms with E-state index in [2.05, 4.69) is 31.2 Å². The van der Waals surface area contributed by atoms with Gasteiger partial charge in [0.25, 0.3) is 0 Å². The third-order valence-electron chi connectivity index (χ3n) is 3.62. The number of benzene rings is 2. The number of aryl methyl sites for hydroxylation is 2. The van der Waals surface area contributed by atoms with Gasteiger partial charge in [-0.25, -0.2) is 0 Å². The lowest BCUT2D eigenvalue weighted by atomic mass is 9.99. The Hall–Kier alpha value is -1.80. The normalized spacial score (nSPS) is 12.2. The minimum absolute atomic E-state index is 0.118. The predicted octanol–water partition coefficient (Wildman–Crippen LogP) is 4.03. The van der Waals surface area contributed by atoms with Gasteiger partial charge in [0.15, 0.2) is 0 Å². The van der Waals surface area contributed by atoms with Crippen molar-refractivity contribution in [3.8, 4) is 5.75 Å². The monoisotopic (exact) mass is 269 g/mol. The van der Waals surface area contributed by atoms with Crippen molar-refractivity contribution in [1.29, 1.82) is 0 Å². The third-order valence-corrected chi connectivity index (χ3v) is 3.62. The van der Waals surface area contributed by atoms with Crippen LogP contribution >= 0.6 is 0 Å². The van der Waals surface area contributed by atoms with Gasteiger partial charge in [0, 0.05) is 6.04 Å². The third kappa shape index (κ3) is 3.84. The van der Waals surface area contributed by atoms with E-state index in [1.54, 1.807) is 7.11 Å². The summed E-state index contributed by atoms with van der Waals surface area (Å²) >= 11 is 0. The first-order valence-electron chi connectivity index (χ1n) is 7.14. The van der Waals surface area contributed by atoms with Crippen molar-refractivity contribution in [3.05, 3.63) is 65.2 Å². The van der Waals surface area contributed by atoms with Crippen molar-refractivity contribution in [2.24, 2.45) is 5.73 Å². The van der Waals surface area contributed by atoms with Gasteiger partial charge in [-0.1, -0.05) is 48.0 Å². The van der Waals surface area contributed by atoms with Crippen molar-refractivity contribution < 1.29 is 4.74 Å². The molecule has 106 valence electrons. The number of rotatable bonds is 6. The molecule has 2 heteroatoms. The fourth-order valence-electron chi connectivity index (χ4n) is 2.48. The van der Waals surface area contributed by atoms with Crippen molar-refractivity contribution in [1.82, 2.24) is 0 Å². The fraction of sp³-hybridized carbons (Fsp3) is 0.333. The molecule has 0 amide bonds. The highest BCUT2D eigenvalue weighted by Gasteiger charge is 2.07. The molecule has 0 bridgehead atoms. The molecule has 0 aromatic heterocycles. The van der Waals surface area contributed by atoms with Crippen LogP contribution in [0.4, 0.5) is 0 Å². The van der Waals surface area contributed by atoms with Gasteiger partial charge in [-0.2, -0.15) is 0 Å². The number of nitrogens with two attached hydrogens (primary N) is 1. The number of hydrogen-bond acceptors (Lipinski definition) is 2. The highest BCUT2D eigenvalue weighted by atomic mass is 16.5. The minimum Gasteiger partial charge on any atom is -0.496 e. The Morgan fingerprint density at radius 2 is 1.85 bits per heavy atom. The van der Waals surface area contributed by atoms with Gasteiger partial charge < -0.3 is 10.5 Å². The molecule has 0 fully saturated rings. The lowest BCUT2D eigenvalue weighted by molar-refractivity contribution is 0.408. The minimum atomic E-state index is 0.118. The molecule has 0 aliphatic carbocycles. The van der Waals surface area contributed by atoms with Gasteiger partial charge in [0.05, 0.1) is 7.11 Å². The van der Waals surface area contributed by atoms with Crippen LogP contribution in [0, 0.1) is 6.92 Å². The van der Waals surface area contributed by atoms with Crippen LogP contribution < -0.4 is 10.5 Å². The molecule has 1 atom stereocenters. The summed E-state index contributed by atoms with van der Waals surface area (Å²) < 4.78 is 5.41. The first kappa shape index (κ1) is 14.6. The molecule has 1 unspecified atom stereocenters. The van der Waals surface area contributed by atoms with Crippen molar-refractivity contribution >= 4 is 0 Å². The molecule has 2 rings (SSSR count). The average Bonchev–Trinajstić information content (AvgIpc) is 2.48. The molecule has 20 heavy (non-hydrogen) atoms. The Balaban J connectivity index is 1.91. The maximum Gasteiger partial charge on any atom is 0.122 e. The van der Waals surface area contributed by atoms with Crippen LogP contribution in [-0.4, -0.2) is 7.11 Å². The molecule has 2 nitrogen and oxygen atoms in total. The Labute approximate surface area is 121 Å². The topological polar surface area (TPSA) is 35.2 Å². The Bertz CT molecular complexity index is 536. The van der Waals surface area contributed by atoms with Crippen molar-refractivity contribution in [3.63, 3.8) is 0 Å². The van der Waals surface area contributed by atoms with E-state index in [-0.39, 0.29) is 6.04 Å². The highest BCUT2D eigenvalue weighted by Crippen LogP contribution is 2.23. The fourth-order valence-corrected chi connectivity index (χ4v) is 2.48. The molecule has 2 aromatic rings. The number of ether oxygens (including phenoxy) is 1. The molecule has 2 N–H and O–H groups in total. The van der Waals surface area contributed by atoms with E-state index in [4.69, 9.17) is 10.5 Å². The predicted molar refractivity (Wildman–Crippen MR) is 84.0 cm³/mol. The largest absolute Gasteiger partial charge is 0.496 e. The van der Waals surface area contributed by atoms with Crippen LogP contribution in [0.2, 0.25) is 0 Å². The summed E-state index contributed by atoms with van der Waals surface area (Å²) in [6.45, 7) is 2.11. The second kappa shape index (κ2) is 7.11. The first-order chi connectivity index (χ1) is 9.70. The van der Waals surface area contributed by atoms with Gasteiger partial charge in [0.1, 0.15) is 5.75 Å². The van der Waals surface area contributed by atoms with Crippen LogP contribution in [0.3, 0.4) is 0 Å². The van der Waals surface area contributed by atoms with Crippen molar-refractivity contribution in [2.75, 3.05) is 7.11 Å². The maximum atomic E-state index is 6.23. The Morgan fingerprint density at radius 3 is 2.55 bits per heavy atom. The lowest BCUT2D eigenvalue weighted by Gasteiger charge is -2.13. The van der Waals surface area contributed by atoms with Crippen molar-refractivity contribution in [2.45, 2.75) is 32.2 Å². The molecule has 0 heterocycles. The Morgan fingerprint density at radius 1 is 1.10 bits per heavy atom. The standard InChI is InChI=1S/C18H23NO/c1-14-11-12-18(20-2)16(13-14)9-6-10-17(19)15-7-4-3-5-8-15/h3-5,7-8,11-13,17H,6,9-10,19H2,1-2H3. The van der Waals surface area contributed by atoms with Crippen LogP contribution in [0.5, 0.6) is 5.75 Å². The van der Waals surface area contributed by atoms with E-state index < -0.39 is 0 Å². The van der Waals surface area contributed by atoms with Crippen LogP contribution in [0.1, 0.15) is 35.6 Å². The van der Waals surface area contributed by atoms with Gasteiger partial charge in [-0.05, 0) is 43.4 Å². The summed E-state index contributed by atoms with van der Waals surface area (Å²) in [6.07, 6.45) is 3.06. The lowest BCUT2D eigenvalue weighted by Crippen LogP contribution is -2.10. The smallest absolute Gasteiger partial charge is 0.122 e. The van der Waals surface area contributed by atoms with Gasteiger partial charge in [-0.15, -0.1) is 0 Å². The van der Waals surface area contributed by atoms with E-state index >= 15 is 0 Å². The van der Waals surface area contributed by atoms with Crippen LogP contribution in [0.25, 0.3) is 0 Å². The number of methoxy groups -OCH3 is 1. The van der Waals surface area contributed by atoms with E-state index in [1.807, 2.05) is 24.3 Å². The molecule has 0 aliphatic heterocycles. The first-order valence-corrected chi connectivity index (χ1v) is 7.14. The summed E-state index contributed by atoms with van der Waals surface area (Å²) in [6, 6.07) is 16.7. The van der Waals surface area contributed by atoms with Crippen LogP contribution in [-0.2, 0) is 6.42 Å². The summed E-state index contributed by atoms with van der Waals surface area (Å²) in [5, 5.41) is 0. The average molecular weight is 269 g/mol. The summed E-state index contributed by atoms with van der Waals surface area (Å²) in [7, 11) is 1.73. The zero-order chi connectivity index (χ0) is 14.4. The second-order valence-corrected chi connectivity index (χ2v) is 5.22.